The molecule has 0 unspecified atom stereocenters. The third-order valence-corrected chi connectivity index (χ3v) is 2.08. The van der Waals surface area contributed by atoms with E-state index in [4.69, 9.17) is 5.11 Å². The van der Waals surface area contributed by atoms with Crippen LogP contribution in [0.1, 0.15) is 19.0 Å². The first kappa shape index (κ1) is 14.6. The molecule has 1 aromatic heterocycles. The third kappa shape index (κ3) is 6.15. The highest BCUT2D eigenvalue weighted by molar-refractivity contribution is 5.77. The molecule has 104 valence electrons. The van der Waals surface area contributed by atoms with Gasteiger partial charge in [-0.1, -0.05) is 5.21 Å². The number of aliphatic carboxylic acids is 1. The Morgan fingerprint density at radius 2 is 2.11 bits per heavy atom. The Morgan fingerprint density at radius 3 is 2.74 bits per heavy atom. The minimum absolute atomic E-state index is 0.165. The van der Waals surface area contributed by atoms with Crippen molar-refractivity contribution in [3.8, 4) is 0 Å². The molecule has 9 heteroatoms. The summed E-state index contributed by atoms with van der Waals surface area (Å²) >= 11 is 0. The van der Waals surface area contributed by atoms with Gasteiger partial charge in [0.1, 0.15) is 12.2 Å². The Morgan fingerprint density at radius 1 is 1.37 bits per heavy atom. The number of carbonyl (C=O) groups excluding carboxylic acids is 2. The van der Waals surface area contributed by atoms with Gasteiger partial charge in [-0.2, -0.15) is 0 Å². The summed E-state index contributed by atoms with van der Waals surface area (Å²) in [5.41, 5.74) is 0.467. The minimum atomic E-state index is -1.02. The highest BCUT2D eigenvalue weighted by atomic mass is 16.4. The molecule has 1 rings (SSSR count). The Balaban J connectivity index is 2.28. The number of hydrogen-bond donors (Lipinski definition) is 3. The van der Waals surface area contributed by atoms with E-state index in [1.165, 1.54) is 17.8 Å². The predicted octanol–water partition coefficient (Wildman–Crippen LogP) is -1.49. The molecular formula is C10H15N5O4. The van der Waals surface area contributed by atoms with E-state index < -0.39 is 5.97 Å². The van der Waals surface area contributed by atoms with Gasteiger partial charge in [-0.15, -0.1) is 5.10 Å². The Kier molecular flexibility index (Phi) is 5.45. The lowest BCUT2D eigenvalue weighted by Gasteiger charge is -2.03. The zero-order valence-electron chi connectivity index (χ0n) is 10.4. The fraction of sp³-hybridized carbons (Fsp3) is 0.500. The summed E-state index contributed by atoms with van der Waals surface area (Å²) in [7, 11) is 0. The van der Waals surface area contributed by atoms with Crippen LogP contribution in [0.25, 0.3) is 0 Å². The minimum Gasteiger partial charge on any atom is -0.480 e. The Hall–Kier alpha value is -2.45. The van der Waals surface area contributed by atoms with Crippen molar-refractivity contribution in [3.05, 3.63) is 11.9 Å². The molecule has 0 spiro atoms. The first-order valence-corrected chi connectivity index (χ1v) is 5.59. The smallest absolute Gasteiger partial charge is 0.325 e. The van der Waals surface area contributed by atoms with Crippen molar-refractivity contribution in [1.29, 1.82) is 0 Å². The number of carboxylic acids is 1. The summed E-state index contributed by atoms with van der Waals surface area (Å²) < 4.78 is 1.17. The summed E-state index contributed by atoms with van der Waals surface area (Å²) in [6.45, 7) is 1.54. The van der Waals surface area contributed by atoms with E-state index in [1.54, 1.807) is 0 Å². The van der Waals surface area contributed by atoms with Gasteiger partial charge in [-0.25, -0.2) is 4.68 Å². The van der Waals surface area contributed by atoms with Crippen molar-refractivity contribution in [3.63, 3.8) is 0 Å². The largest absolute Gasteiger partial charge is 0.480 e. The zero-order valence-corrected chi connectivity index (χ0v) is 10.4. The zero-order chi connectivity index (χ0) is 14.3. The summed E-state index contributed by atoms with van der Waals surface area (Å²) in [5, 5.41) is 20.9. The van der Waals surface area contributed by atoms with Crippen LogP contribution in [-0.2, 0) is 27.5 Å². The third-order valence-electron chi connectivity index (χ3n) is 2.08. The van der Waals surface area contributed by atoms with Gasteiger partial charge >= 0.3 is 5.97 Å². The van der Waals surface area contributed by atoms with E-state index >= 15 is 0 Å². The van der Waals surface area contributed by atoms with E-state index in [-0.39, 0.29) is 37.9 Å². The molecule has 2 amide bonds. The van der Waals surface area contributed by atoms with Gasteiger partial charge in [0.15, 0.2) is 0 Å². The highest BCUT2D eigenvalue weighted by Gasteiger charge is 2.06. The van der Waals surface area contributed by atoms with E-state index in [0.29, 0.717) is 5.69 Å². The number of carbonyl (C=O) groups is 3. The van der Waals surface area contributed by atoms with Gasteiger partial charge in [-0.05, 0) is 0 Å². The second kappa shape index (κ2) is 7.09. The van der Waals surface area contributed by atoms with Gasteiger partial charge in [0.25, 0.3) is 0 Å². The van der Waals surface area contributed by atoms with E-state index in [9.17, 15) is 14.4 Å². The van der Waals surface area contributed by atoms with E-state index in [2.05, 4.69) is 20.9 Å². The van der Waals surface area contributed by atoms with E-state index in [0.717, 1.165) is 0 Å². The SMILES string of the molecule is CC(=O)NCCC(=O)NCc1cn(CC(=O)O)nn1. The van der Waals surface area contributed by atoms with Crippen LogP contribution >= 0.6 is 0 Å². The number of aromatic nitrogens is 3. The van der Waals surface area contributed by atoms with Gasteiger partial charge in [0.2, 0.25) is 11.8 Å². The average Bonchev–Trinajstić information content (AvgIpc) is 2.72. The van der Waals surface area contributed by atoms with E-state index in [1.807, 2.05) is 0 Å². The Bertz CT molecular complexity index is 470. The molecule has 0 fully saturated rings. The molecular weight excluding hydrogens is 254 g/mol. The first-order chi connectivity index (χ1) is 8.97. The number of nitrogens with zero attached hydrogens (tertiary/aromatic N) is 3. The standard InChI is InChI=1S/C10H15N5O4/c1-7(16)11-3-2-9(17)12-4-8-5-15(14-13-8)6-10(18)19/h5H,2-4,6H2,1H3,(H,11,16)(H,12,17)(H,18,19). The topological polar surface area (TPSA) is 126 Å². The van der Waals surface area contributed by atoms with Gasteiger partial charge < -0.3 is 15.7 Å². The molecule has 0 saturated carbocycles. The Labute approximate surface area is 109 Å². The van der Waals surface area contributed by atoms with Crippen molar-refractivity contribution < 1.29 is 19.5 Å². The fourth-order valence-corrected chi connectivity index (χ4v) is 1.26. The average molecular weight is 269 g/mol. The van der Waals surface area contributed by atoms with Gasteiger partial charge in [-0.3, -0.25) is 14.4 Å². The maximum absolute atomic E-state index is 11.4. The van der Waals surface area contributed by atoms with Crippen LogP contribution < -0.4 is 10.6 Å². The second-order valence-corrected chi connectivity index (χ2v) is 3.81. The molecule has 19 heavy (non-hydrogen) atoms. The van der Waals surface area contributed by atoms with Gasteiger partial charge in [0, 0.05) is 19.9 Å². The molecule has 0 bridgehead atoms. The molecule has 0 radical (unpaired) electrons. The number of hydrogen-bond acceptors (Lipinski definition) is 5. The van der Waals surface area contributed by atoms with Crippen LogP contribution in [0.3, 0.4) is 0 Å². The number of nitrogens with one attached hydrogen (secondary N) is 2. The van der Waals surface area contributed by atoms with Crippen molar-refractivity contribution in [2.24, 2.45) is 0 Å². The fourth-order valence-electron chi connectivity index (χ4n) is 1.26. The molecule has 0 aromatic carbocycles. The normalized spacial score (nSPS) is 9.95. The highest BCUT2D eigenvalue weighted by Crippen LogP contribution is 1.93. The maximum Gasteiger partial charge on any atom is 0.325 e. The van der Waals surface area contributed by atoms with Crippen molar-refractivity contribution in [1.82, 2.24) is 25.6 Å². The summed E-state index contributed by atoms with van der Waals surface area (Å²) in [6.07, 6.45) is 1.62. The lowest BCUT2D eigenvalue weighted by atomic mass is 10.3. The number of carboxylic acid groups (broad SMARTS) is 1. The molecule has 1 heterocycles. The summed E-state index contributed by atoms with van der Waals surface area (Å²) in [6, 6.07) is 0. The molecule has 9 nitrogen and oxygen atoms in total. The lowest BCUT2D eigenvalue weighted by molar-refractivity contribution is -0.138. The van der Waals surface area contributed by atoms with Crippen LogP contribution in [-0.4, -0.2) is 44.4 Å². The predicted molar refractivity (Wildman–Crippen MR) is 62.8 cm³/mol. The van der Waals surface area contributed by atoms with Crippen molar-refractivity contribution >= 4 is 17.8 Å². The number of amides is 2. The molecule has 0 aliphatic rings. The first-order valence-electron chi connectivity index (χ1n) is 5.59. The molecule has 0 atom stereocenters. The molecule has 3 N–H and O–H groups in total. The quantitative estimate of drug-likeness (QED) is 0.553. The summed E-state index contributed by atoms with van der Waals surface area (Å²) in [4.78, 5) is 32.4. The second-order valence-electron chi connectivity index (χ2n) is 3.81. The van der Waals surface area contributed by atoms with Crippen LogP contribution in [0.4, 0.5) is 0 Å². The molecule has 0 aliphatic carbocycles. The monoisotopic (exact) mass is 269 g/mol. The molecule has 1 aromatic rings. The summed E-state index contributed by atoms with van der Waals surface area (Å²) in [5.74, 6) is -1.44. The van der Waals surface area contributed by atoms with Gasteiger partial charge in [0.05, 0.1) is 12.7 Å². The number of rotatable bonds is 7. The van der Waals surface area contributed by atoms with Crippen LogP contribution in [0.5, 0.6) is 0 Å². The molecule has 0 aliphatic heterocycles. The van der Waals surface area contributed by atoms with Crippen LogP contribution in [0.2, 0.25) is 0 Å². The molecule has 0 saturated heterocycles. The van der Waals surface area contributed by atoms with Crippen LogP contribution in [0.15, 0.2) is 6.20 Å². The maximum atomic E-state index is 11.4. The lowest BCUT2D eigenvalue weighted by Crippen LogP contribution is -2.29. The van der Waals surface area contributed by atoms with Crippen molar-refractivity contribution in [2.45, 2.75) is 26.4 Å². The van der Waals surface area contributed by atoms with Crippen molar-refractivity contribution in [2.75, 3.05) is 6.54 Å². The van der Waals surface area contributed by atoms with Crippen LogP contribution in [0, 0.1) is 0 Å².